The van der Waals surface area contributed by atoms with Crippen LogP contribution in [0.4, 0.5) is 5.95 Å². The van der Waals surface area contributed by atoms with Crippen molar-refractivity contribution in [3.05, 3.63) is 47.2 Å². The van der Waals surface area contributed by atoms with Gasteiger partial charge in [-0.25, -0.2) is 9.97 Å². The number of benzene rings is 1. The van der Waals surface area contributed by atoms with Gasteiger partial charge in [-0.05, 0) is 31.2 Å². The number of carbonyl (C=O) groups is 1. The summed E-state index contributed by atoms with van der Waals surface area (Å²) in [5.41, 5.74) is 0.485. The summed E-state index contributed by atoms with van der Waals surface area (Å²) >= 11 is 7.40. The lowest BCUT2D eigenvalue weighted by Gasteiger charge is -2.12. The summed E-state index contributed by atoms with van der Waals surface area (Å²) in [5.74, 6) is 0.0486. The SMILES string of the molecule is C[C@H](Sc1ccc(C#N)cc1Cl)C(=O)Nc1ncccn1. The predicted octanol–water partition coefficient (Wildman–Crippen LogP) is 3.12. The van der Waals surface area contributed by atoms with Crippen LogP contribution in [0.3, 0.4) is 0 Å². The van der Waals surface area contributed by atoms with Crippen molar-refractivity contribution in [1.29, 1.82) is 5.26 Å². The van der Waals surface area contributed by atoms with Crippen LogP contribution in [0.5, 0.6) is 0 Å². The van der Waals surface area contributed by atoms with Crippen molar-refractivity contribution in [3.63, 3.8) is 0 Å². The molecule has 1 atom stereocenters. The number of carbonyl (C=O) groups excluding carboxylic acids is 1. The average Bonchev–Trinajstić information content (AvgIpc) is 2.50. The van der Waals surface area contributed by atoms with Crippen LogP contribution >= 0.6 is 23.4 Å². The standard InChI is InChI=1S/C14H11ClN4OS/c1-9(13(20)19-14-17-5-2-6-18-14)21-12-4-3-10(8-16)7-11(12)15/h2-7,9H,1H3,(H,17,18,19,20)/t9-/m0/s1. The molecule has 1 aromatic heterocycles. The van der Waals surface area contributed by atoms with E-state index >= 15 is 0 Å². The zero-order valence-corrected chi connectivity index (χ0v) is 12.6. The molecule has 0 bridgehead atoms. The molecule has 0 fully saturated rings. The highest BCUT2D eigenvalue weighted by Gasteiger charge is 2.17. The number of aromatic nitrogens is 2. The minimum atomic E-state index is -0.376. The van der Waals surface area contributed by atoms with Crippen LogP contribution in [0.1, 0.15) is 12.5 Å². The molecule has 0 aliphatic carbocycles. The normalized spacial score (nSPS) is 11.5. The van der Waals surface area contributed by atoms with Crippen molar-refractivity contribution in [1.82, 2.24) is 9.97 Å². The highest BCUT2D eigenvalue weighted by Crippen LogP contribution is 2.31. The first-order valence-electron chi connectivity index (χ1n) is 6.04. The zero-order valence-electron chi connectivity index (χ0n) is 11.1. The molecule has 1 aromatic carbocycles. The Bertz CT molecular complexity index is 687. The lowest BCUT2D eigenvalue weighted by atomic mass is 10.2. The topological polar surface area (TPSA) is 78.7 Å². The van der Waals surface area contributed by atoms with Crippen molar-refractivity contribution in [2.45, 2.75) is 17.1 Å². The Morgan fingerprint density at radius 3 is 2.76 bits per heavy atom. The average molecular weight is 319 g/mol. The Morgan fingerprint density at radius 1 is 1.43 bits per heavy atom. The fourth-order valence-corrected chi connectivity index (χ4v) is 2.66. The number of nitriles is 1. The van der Waals surface area contributed by atoms with E-state index in [-0.39, 0.29) is 17.1 Å². The van der Waals surface area contributed by atoms with Gasteiger partial charge in [0.05, 0.1) is 21.9 Å². The second-order valence-electron chi connectivity index (χ2n) is 4.08. The molecule has 2 aromatic rings. The van der Waals surface area contributed by atoms with Crippen molar-refractivity contribution < 1.29 is 4.79 Å². The van der Waals surface area contributed by atoms with Gasteiger partial charge in [-0.3, -0.25) is 10.1 Å². The minimum absolute atomic E-state index is 0.216. The molecule has 106 valence electrons. The smallest absolute Gasteiger partial charge is 0.239 e. The number of amides is 1. The van der Waals surface area contributed by atoms with Crippen molar-refractivity contribution in [2.24, 2.45) is 0 Å². The molecule has 0 aliphatic heterocycles. The predicted molar refractivity (Wildman–Crippen MR) is 82.1 cm³/mol. The molecule has 1 heterocycles. The van der Waals surface area contributed by atoms with E-state index in [9.17, 15) is 4.79 Å². The van der Waals surface area contributed by atoms with Crippen LogP contribution in [0.15, 0.2) is 41.6 Å². The van der Waals surface area contributed by atoms with Gasteiger partial charge in [0.1, 0.15) is 0 Å². The van der Waals surface area contributed by atoms with Crippen LogP contribution in [0, 0.1) is 11.3 Å². The molecule has 21 heavy (non-hydrogen) atoms. The van der Waals surface area contributed by atoms with E-state index in [1.54, 1.807) is 43.6 Å². The molecular weight excluding hydrogens is 308 g/mol. The van der Waals surface area contributed by atoms with Crippen LogP contribution in [0.2, 0.25) is 5.02 Å². The number of hydrogen-bond donors (Lipinski definition) is 1. The second-order valence-corrected chi connectivity index (χ2v) is 5.87. The molecule has 1 amide bonds. The number of halogens is 1. The molecule has 0 saturated carbocycles. The Kier molecular flexibility index (Phi) is 5.14. The molecule has 1 N–H and O–H groups in total. The number of hydrogen-bond acceptors (Lipinski definition) is 5. The number of rotatable bonds is 4. The first-order chi connectivity index (χ1) is 10.1. The Balaban J connectivity index is 2.02. The van der Waals surface area contributed by atoms with E-state index < -0.39 is 0 Å². The fourth-order valence-electron chi connectivity index (χ4n) is 1.49. The monoisotopic (exact) mass is 318 g/mol. The Hall–Kier alpha value is -2.10. The number of nitrogens with zero attached hydrogens (tertiary/aromatic N) is 3. The van der Waals surface area contributed by atoms with Gasteiger partial charge in [-0.2, -0.15) is 5.26 Å². The maximum absolute atomic E-state index is 12.0. The second kappa shape index (κ2) is 7.07. The van der Waals surface area contributed by atoms with Gasteiger partial charge >= 0.3 is 0 Å². The molecule has 0 aliphatic rings. The lowest BCUT2D eigenvalue weighted by molar-refractivity contribution is -0.115. The van der Waals surface area contributed by atoms with Crippen molar-refractivity contribution in [3.8, 4) is 6.07 Å². The van der Waals surface area contributed by atoms with Crippen LogP contribution in [-0.2, 0) is 4.79 Å². The van der Waals surface area contributed by atoms with E-state index in [0.29, 0.717) is 10.6 Å². The zero-order chi connectivity index (χ0) is 15.2. The molecule has 0 radical (unpaired) electrons. The molecule has 0 unspecified atom stereocenters. The Morgan fingerprint density at radius 2 is 2.14 bits per heavy atom. The van der Waals surface area contributed by atoms with Gasteiger partial charge in [-0.1, -0.05) is 11.6 Å². The van der Waals surface area contributed by atoms with Crippen LogP contribution in [0.25, 0.3) is 0 Å². The summed E-state index contributed by atoms with van der Waals surface area (Å²) in [6, 6.07) is 8.66. The van der Waals surface area contributed by atoms with Crippen molar-refractivity contribution >= 4 is 35.2 Å². The summed E-state index contributed by atoms with van der Waals surface area (Å²) in [6.07, 6.45) is 3.11. The van der Waals surface area contributed by atoms with E-state index in [2.05, 4.69) is 15.3 Å². The van der Waals surface area contributed by atoms with Crippen LogP contribution in [-0.4, -0.2) is 21.1 Å². The quantitative estimate of drug-likeness (QED) is 0.876. The largest absolute Gasteiger partial charge is 0.294 e. The third kappa shape index (κ3) is 4.18. The van der Waals surface area contributed by atoms with Gasteiger partial charge in [0.2, 0.25) is 11.9 Å². The summed E-state index contributed by atoms with van der Waals surface area (Å²) in [6.45, 7) is 1.76. The maximum atomic E-state index is 12.0. The van der Waals surface area contributed by atoms with Gasteiger partial charge in [0.25, 0.3) is 0 Å². The van der Waals surface area contributed by atoms with E-state index in [4.69, 9.17) is 16.9 Å². The summed E-state index contributed by atoms with van der Waals surface area (Å²) < 4.78 is 0. The minimum Gasteiger partial charge on any atom is -0.294 e. The summed E-state index contributed by atoms with van der Waals surface area (Å²) in [5, 5.41) is 11.5. The summed E-state index contributed by atoms with van der Waals surface area (Å²) in [7, 11) is 0. The van der Waals surface area contributed by atoms with Gasteiger partial charge < -0.3 is 0 Å². The molecule has 7 heteroatoms. The Labute approximate surface area is 131 Å². The number of nitrogens with one attached hydrogen (secondary N) is 1. The highest BCUT2D eigenvalue weighted by molar-refractivity contribution is 8.00. The van der Waals surface area contributed by atoms with Crippen molar-refractivity contribution in [2.75, 3.05) is 5.32 Å². The van der Waals surface area contributed by atoms with Gasteiger partial charge in [0.15, 0.2) is 0 Å². The highest BCUT2D eigenvalue weighted by atomic mass is 35.5. The maximum Gasteiger partial charge on any atom is 0.239 e. The molecule has 2 rings (SSSR count). The van der Waals surface area contributed by atoms with E-state index in [1.165, 1.54) is 11.8 Å². The lowest BCUT2D eigenvalue weighted by Crippen LogP contribution is -2.23. The fraction of sp³-hybridized carbons (Fsp3) is 0.143. The molecule has 5 nitrogen and oxygen atoms in total. The third-order valence-electron chi connectivity index (χ3n) is 2.53. The summed E-state index contributed by atoms with van der Waals surface area (Å²) in [4.78, 5) is 20.7. The molecular formula is C14H11ClN4OS. The van der Waals surface area contributed by atoms with Crippen LogP contribution < -0.4 is 5.32 Å². The first kappa shape index (κ1) is 15.3. The first-order valence-corrected chi connectivity index (χ1v) is 7.30. The van der Waals surface area contributed by atoms with E-state index in [1.807, 2.05) is 6.07 Å². The number of anilines is 1. The number of thioether (sulfide) groups is 1. The molecule has 0 spiro atoms. The third-order valence-corrected chi connectivity index (χ3v) is 4.14. The molecule has 0 saturated heterocycles. The van der Waals surface area contributed by atoms with E-state index in [0.717, 1.165) is 4.90 Å². The van der Waals surface area contributed by atoms with Gasteiger partial charge in [0, 0.05) is 17.3 Å². The van der Waals surface area contributed by atoms with Gasteiger partial charge in [-0.15, -0.1) is 11.8 Å².